The number of hydrogen-bond donors (Lipinski definition) is 1. The van der Waals surface area contributed by atoms with Gasteiger partial charge in [0.05, 0.1) is 34.4 Å². The van der Waals surface area contributed by atoms with E-state index in [1.54, 1.807) is 0 Å². The third-order valence-corrected chi connectivity index (χ3v) is 18.6. The van der Waals surface area contributed by atoms with Crippen LogP contribution < -0.4 is 0 Å². The van der Waals surface area contributed by atoms with Crippen molar-refractivity contribution in [1.82, 2.24) is 0 Å². The van der Waals surface area contributed by atoms with Gasteiger partial charge in [-0.3, -0.25) is 9.59 Å². The highest BCUT2D eigenvalue weighted by atomic mass is 16.7. The lowest BCUT2D eigenvalue weighted by Gasteiger charge is -2.25. The van der Waals surface area contributed by atoms with Crippen LogP contribution >= 0.6 is 0 Å². The van der Waals surface area contributed by atoms with Crippen LogP contribution in [0.25, 0.3) is 0 Å². The molecule has 0 heterocycles. The second kappa shape index (κ2) is 71.1. The van der Waals surface area contributed by atoms with Crippen LogP contribution in [0, 0.1) is 0 Å². The molecule has 0 fully saturated rings. The summed E-state index contributed by atoms with van der Waals surface area (Å²) >= 11 is 0. The van der Waals surface area contributed by atoms with Crippen LogP contribution in [0.2, 0.25) is 0 Å². The van der Waals surface area contributed by atoms with E-state index < -0.39 is 18.4 Å². The quantitative estimate of drug-likeness (QED) is 0.0278. The summed E-state index contributed by atoms with van der Waals surface area (Å²) in [4.78, 5) is 37.7. The van der Waals surface area contributed by atoms with Crippen molar-refractivity contribution in [2.45, 2.75) is 444 Å². The Balaban J connectivity index is 3.95. The lowest BCUT2D eigenvalue weighted by Crippen LogP contribution is -2.40. The van der Waals surface area contributed by atoms with Crippen LogP contribution in [0.3, 0.4) is 0 Å². The summed E-state index contributed by atoms with van der Waals surface area (Å²) in [5.41, 5.74) is 0. The van der Waals surface area contributed by atoms with Gasteiger partial charge in [0.15, 0.2) is 6.10 Å². The fourth-order valence-corrected chi connectivity index (χ4v) is 12.6. The van der Waals surface area contributed by atoms with Crippen molar-refractivity contribution in [2.24, 2.45) is 0 Å². The normalized spacial score (nSPS) is 12.5. The topological polar surface area (TPSA) is 108 Å². The van der Waals surface area contributed by atoms with E-state index >= 15 is 0 Å². The van der Waals surface area contributed by atoms with Gasteiger partial charge in [0.1, 0.15) is 13.2 Å². The molecule has 0 bridgehead atoms. The number of aliphatic carboxylic acids is 1. The third-order valence-electron chi connectivity index (χ3n) is 18.6. The second-order valence-electron chi connectivity index (χ2n) is 28.7. The lowest BCUT2D eigenvalue weighted by molar-refractivity contribution is -0.870. The van der Waals surface area contributed by atoms with Crippen LogP contribution in [-0.2, 0) is 33.3 Å². The highest BCUT2D eigenvalue weighted by Gasteiger charge is 2.25. The fraction of sp³-hybridized carbons (Fsp3) is 0.962. The first kappa shape index (κ1) is 86.3. The summed E-state index contributed by atoms with van der Waals surface area (Å²) in [5.74, 6) is -1.96. The standard InChI is InChI=1S/C79H155NO8/c1-6-8-10-12-14-16-18-20-22-24-26-28-30-32-34-36-37-38-39-40-42-44-46-48-50-52-54-56-58-60-62-64-66-68-70-77(82)88-75(74-87-79(78(83)84)85-72-71-80(3,4)5)73-86-76(81)69-67-65-63-61-59-57-55-53-51-49-47-45-43-41-35-33-31-29-27-25-23-21-19-17-15-13-11-9-7-2/h75,79H,6-74H2,1-5H3/p+1. The Hall–Kier alpha value is -1.71. The summed E-state index contributed by atoms with van der Waals surface area (Å²) in [7, 11) is 6.00. The summed E-state index contributed by atoms with van der Waals surface area (Å²) in [6, 6.07) is 0. The van der Waals surface area contributed by atoms with E-state index in [1.807, 2.05) is 21.1 Å². The highest BCUT2D eigenvalue weighted by molar-refractivity contribution is 5.71. The van der Waals surface area contributed by atoms with Crippen molar-refractivity contribution >= 4 is 17.9 Å². The first-order valence-corrected chi connectivity index (χ1v) is 39.7. The van der Waals surface area contributed by atoms with E-state index in [9.17, 15) is 19.5 Å². The molecule has 0 spiro atoms. The number of rotatable bonds is 76. The molecule has 9 heteroatoms. The Kier molecular flexibility index (Phi) is 69.8. The van der Waals surface area contributed by atoms with Crippen LogP contribution in [0.15, 0.2) is 0 Å². The molecule has 1 N–H and O–H groups in total. The Labute approximate surface area is 549 Å². The van der Waals surface area contributed by atoms with Gasteiger partial charge in [0.25, 0.3) is 6.29 Å². The predicted octanol–water partition coefficient (Wildman–Crippen LogP) is 25.0. The number of likely N-dealkylation sites (N-methyl/N-ethyl adjacent to an activating group) is 1. The van der Waals surface area contributed by atoms with Crippen molar-refractivity contribution in [1.29, 1.82) is 0 Å². The summed E-state index contributed by atoms with van der Waals surface area (Å²) in [6.45, 7) is 4.99. The Morgan fingerprint density at radius 1 is 0.295 bits per heavy atom. The molecule has 524 valence electrons. The number of quaternary nitrogens is 1. The van der Waals surface area contributed by atoms with Crippen molar-refractivity contribution in [3.8, 4) is 0 Å². The Morgan fingerprint density at radius 3 is 0.727 bits per heavy atom. The molecule has 0 saturated heterocycles. The number of carboxylic acid groups (broad SMARTS) is 1. The fourth-order valence-electron chi connectivity index (χ4n) is 12.6. The third kappa shape index (κ3) is 71.7. The molecule has 88 heavy (non-hydrogen) atoms. The Morgan fingerprint density at radius 2 is 0.511 bits per heavy atom. The number of unbranched alkanes of at least 4 members (excludes halogenated alkanes) is 61. The number of ether oxygens (including phenoxy) is 4. The van der Waals surface area contributed by atoms with Crippen LogP contribution in [0.5, 0.6) is 0 Å². The zero-order valence-electron chi connectivity index (χ0n) is 60.2. The molecule has 0 rings (SSSR count). The predicted molar refractivity (Wildman–Crippen MR) is 379 cm³/mol. The highest BCUT2D eigenvalue weighted by Crippen LogP contribution is 2.21. The molecular formula is C79H156NO8+. The molecule has 0 aromatic rings. The molecular weight excluding hydrogens is 1090 g/mol. The second-order valence-corrected chi connectivity index (χ2v) is 28.7. The SMILES string of the molecule is CCCCCCCCCCCCCCCCCCCCCCCCCCCCCCCCCCCCC(=O)OC(COC(=O)CCCCCCCCCCCCCCCCCCCCCCCCCCCCCCC)COC(OCC[N+](C)(C)C)C(=O)O. The number of esters is 2. The van der Waals surface area contributed by atoms with E-state index in [2.05, 4.69) is 13.8 Å². The minimum atomic E-state index is -1.51. The molecule has 2 unspecified atom stereocenters. The smallest absolute Gasteiger partial charge is 0.361 e. The minimum Gasteiger partial charge on any atom is -0.477 e. The number of carbonyl (C=O) groups is 3. The van der Waals surface area contributed by atoms with Gasteiger partial charge in [-0.1, -0.05) is 406 Å². The van der Waals surface area contributed by atoms with E-state index in [4.69, 9.17) is 18.9 Å². The Bertz CT molecular complexity index is 1400. The van der Waals surface area contributed by atoms with Gasteiger partial charge in [-0.2, -0.15) is 0 Å². The molecule has 0 aromatic heterocycles. The maximum atomic E-state index is 13.0. The molecule has 9 nitrogen and oxygen atoms in total. The average Bonchev–Trinajstić information content (AvgIpc) is 3.66. The van der Waals surface area contributed by atoms with E-state index in [0.717, 1.165) is 38.5 Å². The monoisotopic (exact) mass is 1250 g/mol. The van der Waals surface area contributed by atoms with Crippen LogP contribution in [-0.4, -0.2) is 87.4 Å². The number of hydrogen-bond acceptors (Lipinski definition) is 7. The van der Waals surface area contributed by atoms with E-state index in [0.29, 0.717) is 17.4 Å². The molecule has 2 atom stereocenters. The minimum absolute atomic E-state index is 0.172. The lowest BCUT2D eigenvalue weighted by atomic mass is 10.0. The molecule has 0 aromatic carbocycles. The van der Waals surface area contributed by atoms with Crippen LogP contribution in [0.4, 0.5) is 0 Å². The first-order valence-electron chi connectivity index (χ1n) is 39.7. The van der Waals surface area contributed by atoms with Gasteiger partial charge in [0, 0.05) is 12.8 Å². The van der Waals surface area contributed by atoms with Gasteiger partial charge in [-0.25, -0.2) is 4.79 Å². The number of carbonyl (C=O) groups excluding carboxylic acids is 2. The maximum Gasteiger partial charge on any atom is 0.361 e. The zero-order chi connectivity index (χ0) is 64.0. The van der Waals surface area contributed by atoms with Gasteiger partial charge < -0.3 is 28.5 Å². The first-order chi connectivity index (χ1) is 43.1. The largest absolute Gasteiger partial charge is 0.477 e. The van der Waals surface area contributed by atoms with Crippen molar-refractivity contribution in [3.05, 3.63) is 0 Å². The summed E-state index contributed by atoms with van der Waals surface area (Å²) in [5, 5.41) is 9.77. The molecule has 0 saturated carbocycles. The van der Waals surface area contributed by atoms with Gasteiger partial charge in [-0.05, 0) is 12.8 Å². The van der Waals surface area contributed by atoms with Gasteiger partial charge in [-0.15, -0.1) is 0 Å². The molecule has 0 aliphatic heterocycles. The number of carboxylic acids is 1. The summed E-state index contributed by atoms with van der Waals surface area (Å²) < 4.78 is 23.1. The van der Waals surface area contributed by atoms with Gasteiger partial charge >= 0.3 is 17.9 Å². The average molecular weight is 1250 g/mol. The molecule has 0 radical (unpaired) electrons. The zero-order valence-corrected chi connectivity index (χ0v) is 60.2. The van der Waals surface area contributed by atoms with Gasteiger partial charge in [0.2, 0.25) is 0 Å². The van der Waals surface area contributed by atoms with Crippen molar-refractivity contribution in [2.75, 3.05) is 47.5 Å². The molecule has 0 aliphatic rings. The van der Waals surface area contributed by atoms with Crippen molar-refractivity contribution < 1.29 is 42.9 Å². The molecule has 0 aliphatic carbocycles. The molecule has 0 amide bonds. The van der Waals surface area contributed by atoms with Crippen LogP contribution in [0.1, 0.15) is 431 Å². The van der Waals surface area contributed by atoms with E-state index in [-0.39, 0.29) is 38.2 Å². The van der Waals surface area contributed by atoms with E-state index in [1.165, 1.54) is 366 Å². The number of nitrogens with zero attached hydrogens (tertiary/aromatic N) is 1. The summed E-state index contributed by atoms with van der Waals surface area (Å²) in [6.07, 6.45) is 84.1. The van der Waals surface area contributed by atoms with Crippen molar-refractivity contribution in [3.63, 3.8) is 0 Å². The maximum absolute atomic E-state index is 13.0.